The Morgan fingerprint density at radius 3 is 2.64 bits per heavy atom. The average Bonchev–Trinajstić information content (AvgIpc) is 2.91. The summed E-state index contributed by atoms with van der Waals surface area (Å²) >= 11 is 11.3. The lowest BCUT2D eigenvalue weighted by atomic mass is 9.84. The average molecular weight is 399 g/mol. The highest BCUT2D eigenvalue weighted by Gasteiger charge is 2.51. The topological polar surface area (TPSA) is 58.7 Å². The number of hydrogen-bond donors (Lipinski definition) is 1. The van der Waals surface area contributed by atoms with Gasteiger partial charge < -0.3 is 5.73 Å². The van der Waals surface area contributed by atoms with Crippen LogP contribution in [0.4, 0.5) is 0 Å². The monoisotopic (exact) mass is 397 g/mol. The van der Waals surface area contributed by atoms with Crippen molar-refractivity contribution in [1.82, 2.24) is 4.90 Å². The molecule has 2 heterocycles. The number of likely N-dealkylation sites (N-methyl/N-ethyl adjacent to an activating group) is 1. The maximum atomic E-state index is 13.0. The zero-order valence-electron chi connectivity index (χ0n) is 11.9. The number of thiophene rings is 1. The third-order valence-corrected chi connectivity index (χ3v) is 5.45. The predicted octanol–water partition coefficient (Wildman–Crippen LogP) is 3.50. The molecule has 3 rings (SSSR count). The van der Waals surface area contributed by atoms with Gasteiger partial charge in [-0.1, -0.05) is 39.7 Å². The number of guanidine groups is 1. The second-order valence-corrected chi connectivity index (χ2v) is 7.87. The van der Waals surface area contributed by atoms with E-state index in [4.69, 9.17) is 17.3 Å². The highest BCUT2D eigenvalue weighted by atomic mass is 79.9. The van der Waals surface area contributed by atoms with Crippen LogP contribution in [0.1, 0.15) is 16.0 Å². The number of hydrogen-bond acceptors (Lipinski definition) is 4. The number of rotatable bonds is 2. The minimum absolute atomic E-state index is 0.185. The van der Waals surface area contributed by atoms with Crippen LogP contribution >= 0.6 is 38.9 Å². The van der Waals surface area contributed by atoms with Crippen molar-refractivity contribution in [1.29, 1.82) is 0 Å². The lowest BCUT2D eigenvalue weighted by Crippen LogP contribution is -2.41. The molecule has 1 aliphatic heterocycles. The SMILES string of the molecule is Cc1cc(C2(c3cccc(Br)c3)N=C(N)N(C)C2=O)c(Cl)s1. The quantitative estimate of drug-likeness (QED) is 0.841. The molecular formula is C15H13BrClN3OS. The summed E-state index contributed by atoms with van der Waals surface area (Å²) in [5, 5.41) is 0. The van der Waals surface area contributed by atoms with Crippen LogP contribution in [-0.4, -0.2) is 23.8 Å². The summed E-state index contributed by atoms with van der Waals surface area (Å²) in [6.45, 7) is 1.95. The van der Waals surface area contributed by atoms with Gasteiger partial charge in [0.05, 0.1) is 4.34 Å². The van der Waals surface area contributed by atoms with Crippen LogP contribution in [0, 0.1) is 6.92 Å². The Kier molecular flexibility index (Phi) is 3.79. The number of nitrogens with zero attached hydrogens (tertiary/aromatic N) is 2. The first-order valence-corrected chi connectivity index (χ1v) is 8.51. The van der Waals surface area contributed by atoms with Crippen LogP contribution in [0.25, 0.3) is 0 Å². The van der Waals surface area contributed by atoms with Crippen LogP contribution < -0.4 is 5.73 Å². The summed E-state index contributed by atoms with van der Waals surface area (Å²) in [5.41, 5.74) is 6.11. The summed E-state index contributed by atoms with van der Waals surface area (Å²) in [4.78, 5) is 19.9. The number of benzene rings is 1. The van der Waals surface area contributed by atoms with E-state index in [1.165, 1.54) is 16.2 Å². The number of aryl methyl sites for hydroxylation is 1. The summed E-state index contributed by atoms with van der Waals surface area (Å²) in [6, 6.07) is 9.40. The van der Waals surface area contributed by atoms with E-state index < -0.39 is 5.54 Å². The van der Waals surface area contributed by atoms with E-state index in [2.05, 4.69) is 20.9 Å². The Morgan fingerprint density at radius 2 is 2.14 bits per heavy atom. The molecule has 0 saturated heterocycles. The molecule has 0 saturated carbocycles. The fourth-order valence-electron chi connectivity index (χ4n) is 2.61. The second kappa shape index (κ2) is 5.37. The number of halogens is 2. The van der Waals surface area contributed by atoms with E-state index in [-0.39, 0.29) is 11.9 Å². The maximum absolute atomic E-state index is 13.0. The molecular weight excluding hydrogens is 386 g/mol. The van der Waals surface area contributed by atoms with Crippen molar-refractivity contribution in [3.8, 4) is 0 Å². The molecule has 0 fully saturated rings. The van der Waals surface area contributed by atoms with E-state index in [0.717, 1.165) is 14.9 Å². The molecule has 114 valence electrons. The largest absolute Gasteiger partial charge is 0.369 e. The van der Waals surface area contributed by atoms with E-state index in [1.54, 1.807) is 7.05 Å². The van der Waals surface area contributed by atoms with Gasteiger partial charge in [0.2, 0.25) is 0 Å². The number of nitrogens with two attached hydrogens (primary N) is 1. The van der Waals surface area contributed by atoms with Crippen molar-refractivity contribution in [3.05, 3.63) is 55.1 Å². The maximum Gasteiger partial charge on any atom is 0.266 e. The summed E-state index contributed by atoms with van der Waals surface area (Å²) in [5.74, 6) is -0.0207. The van der Waals surface area contributed by atoms with Crippen LogP contribution in [0.15, 0.2) is 39.8 Å². The van der Waals surface area contributed by atoms with Gasteiger partial charge in [0.25, 0.3) is 5.91 Å². The van der Waals surface area contributed by atoms with E-state index >= 15 is 0 Å². The van der Waals surface area contributed by atoms with Gasteiger partial charge in [-0.3, -0.25) is 9.69 Å². The molecule has 0 spiro atoms. The Morgan fingerprint density at radius 1 is 1.41 bits per heavy atom. The molecule has 1 unspecified atom stereocenters. The molecule has 7 heteroatoms. The van der Waals surface area contributed by atoms with E-state index in [9.17, 15) is 4.79 Å². The molecule has 0 radical (unpaired) electrons. The lowest BCUT2D eigenvalue weighted by Gasteiger charge is -2.25. The van der Waals surface area contributed by atoms with Gasteiger partial charge in [0.1, 0.15) is 0 Å². The second-order valence-electron chi connectivity index (χ2n) is 5.10. The fraction of sp³-hybridized carbons (Fsp3) is 0.200. The molecule has 1 aromatic carbocycles. The minimum atomic E-state index is -1.22. The zero-order chi connectivity index (χ0) is 16.1. The van der Waals surface area contributed by atoms with Crippen molar-refractivity contribution < 1.29 is 4.79 Å². The van der Waals surface area contributed by atoms with Crippen molar-refractivity contribution in [2.75, 3.05) is 7.05 Å². The van der Waals surface area contributed by atoms with Crippen LogP contribution in [0.5, 0.6) is 0 Å². The van der Waals surface area contributed by atoms with E-state index in [0.29, 0.717) is 9.90 Å². The molecule has 2 aromatic rings. The van der Waals surface area contributed by atoms with Crippen molar-refractivity contribution in [2.45, 2.75) is 12.5 Å². The molecule has 0 aliphatic carbocycles. The smallest absolute Gasteiger partial charge is 0.266 e. The van der Waals surface area contributed by atoms with Gasteiger partial charge in [-0.05, 0) is 30.7 Å². The summed E-state index contributed by atoms with van der Waals surface area (Å²) in [6.07, 6.45) is 0. The van der Waals surface area contributed by atoms with Crippen LogP contribution in [0.2, 0.25) is 4.34 Å². The Hall–Kier alpha value is -1.37. The first-order chi connectivity index (χ1) is 10.4. The highest BCUT2D eigenvalue weighted by molar-refractivity contribution is 9.10. The first-order valence-electron chi connectivity index (χ1n) is 6.52. The number of carbonyl (C=O) groups is 1. The third kappa shape index (κ3) is 2.17. The van der Waals surface area contributed by atoms with Gasteiger partial charge in [-0.15, -0.1) is 11.3 Å². The molecule has 1 aliphatic rings. The van der Waals surface area contributed by atoms with Gasteiger partial charge in [0.15, 0.2) is 11.5 Å². The van der Waals surface area contributed by atoms with Crippen molar-refractivity contribution in [3.63, 3.8) is 0 Å². The Balaban J connectivity index is 2.34. The van der Waals surface area contributed by atoms with E-state index in [1.807, 2.05) is 37.3 Å². The first kappa shape index (κ1) is 15.5. The normalized spacial score (nSPS) is 21.4. The highest BCUT2D eigenvalue weighted by Crippen LogP contribution is 2.45. The lowest BCUT2D eigenvalue weighted by molar-refractivity contribution is -0.129. The van der Waals surface area contributed by atoms with Gasteiger partial charge in [-0.2, -0.15) is 0 Å². The van der Waals surface area contributed by atoms with Crippen LogP contribution in [0.3, 0.4) is 0 Å². The molecule has 1 atom stereocenters. The molecule has 0 bridgehead atoms. The van der Waals surface area contributed by atoms with Crippen molar-refractivity contribution in [2.24, 2.45) is 10.7 Å². The van der Waals surface area contributed by atoms with Gasteiger partial charge >= 0.3 is 0 Å². The Bertz CT molecular complexity index is 804. The van der Waals surface area contributed by atoms with Crippen LogP contribution in [-0.2, 0) is 10.3 Å². The molecule has 4 nitrogen and oxygen atoms in total. The summed E-state index contributed by atoms with van der Waals surface area (Å²) < 4.78 is 1.42. The number of carbonyl (C=O) groups excluding carboxylic acids is 1. The minimum Gasteiger partial charge on any atom is -0.369 e. The molecule has 1 aromatic heterocycles. The number of amides is 1. The predicted molar refractivity (Wildman–Crippen MR) is 93.4 cm³/mol. The zero-order valence-corrected chi connectivity index (χ0v) is 15.1. The standard InChI is InChI=1S/C15H13BrClN3OS/c1-8-6-11(12(17)22-8)15(9-4-3-5-10(16)7-9)13(21)20(2)14(18)19-15/h3-7H,1-2H3,(H2,18,19). The third-order valence-electron chi connectivity index (χ3n) is 3.68. The Labute approximate surface area is 145 Å². The molecule has 1 amide bonds. The van der Waals surface area contributed by atoms with Crippen molar-refractivity contribution >= 4 is 50.7 Å². The fourth-order valence-corrected chi connectivity index (χ4v) is 4.34. The molecule has 2 N–H and O–H groups in total. The summed E-state index contributed by atoms with van der Waals surface area (Å²) in [7, 11) is 1.62. The van der Waals surface area contributed by atoms with Gasteiger partial charge in [0, 0.05) is 22.0 Å². The van der Waals surface area contributed by atoms with Gasteiger partial charge in [-0.25, -0.2) is 4.99 Å². The number of aliphatic imine (C=N–C) groups is 1. The molecule has 22 heavy (non-hydrogen) atoms.